The second-order valence-electron chi connectivity index (χ2n) is 4.78. The fourth-order valence-corrected chi connectivity index (χ4v) is 2.40. The summed E-state index contributed by atoms with van der Waals surface area (Å²) in [6.07, 6.45) is 2.89. The van der Waals surface area contributed by atoms with Gasteiger partial charge in [0, 0.05) is 24.8 Å². The van der Waals surface area contributed by atoms with Crippen molar-refractivity contribution in [3.63, 3.8) is 0 Å². The molecule has 1 fully saturated rings. The van der Waals surface area contributed by atoms with Gasteiger partial charge in [-0.15, -0.1) is 0 Å². The molecule has 2 unspecified atom stereocenters. The molecule has 5 heteroatoms. The number of primary amides is 1. The second kappa shape index (κ2) is 5.35. The molecule has 1 aliphatic heterocycles. The third-order valence-electron chi connectivity index (χ3n) is 3.39. The minimum atomic E-state index is -0.567. The maximum absolute atomic E-state index is 11.3. The molecule has 1 aromatic heterocycles. The number of hydrogen-bond donors (Lipinski definition) is 2. The third kappa shape index (κ3) is 2.61. The van der Waals surface area contributed by atoms with E-state index in [1.807, 2.05) is 11.0 Å². The van der Waals surface area contributed by atoms with Crippen LogP contribution in [0.1, 0.15) is 31.4 Å². The molecule has 0 aromatic carbocycles. The first-order valence-corrected chi connectivity index (χ1v) is 6.27. The highest BCUT2D eigenvalue weighted by atomic mass is 16.3. The van der Waals surface area contributed by atoms with Crippen LogP contribution in [0.5, 0.6) is 0 Å². The zero-order chi connectivity index (χ0) is 13.1. The molecule has 0 saturated carbocycles. The normalized spacial score (nSPS) is 21.7. The topological polar surface area (TPSA) is 79.5 Å². The molecular formula is C13H19N3O2. The van der Waals surface area contributed by atoms with Crippen LogP contribution in [0.2, 0.25) is 0 Å². The first-order chi connectivity index (χ1) is 8.59. The predicted octanol–water partition coefficient (Wildman–Crippen LogP) is 0.837. The van der Waals surface area contributed by atoms with Gasteiger partial charge in [-0.3, -0.25) is 4.79 Å². The standard InChI is InChI=1S/C13H19N3O2/c1-9(17)11-5-2-6-15-13(11)16-7-3-4-10(8-16)12(14)18/h2,5-6,9-10,17H,3-4,7-8H2,1H3,(H2,14,18). The number of aliphatic hydroxyl groups is 1. The molecule has 1 aliphatic rings. The summed E-state index contributed by atoms with van der Waals surface area (Å²) < 4.78 is 0. The van der Waals surface area contributed by atoms with E-state index in [2.05, 4.69) is 4.98 Å². The number of hydrogen-bond acceptors (Lipinski definition) is 4. The summed E-state index contributed by atoms with van der Waals surface area (Å²) in [7, 11) is 0. The molecule has 0 spiro atoms. The van der Waals surface area contributed by atoms with E-state index in [4.69, 9.17) is 5.73 Å². The number of carbonyl (C=O) groups is 1. The lowest BCUT2D eigenvalue weighted by molar-refractivity contribution is -0.122. The molecule has 98 valence electrons. The number of nitrogens with two attached hydrogens (primary N) is 1. The molecule has 0 bridgehead atoms. The maximum atomic E-state index is 11.3. The number of carbonyl (C=O) groups excluding carboxylic acids is 1. The summed E-state index contributed by atoms with van der Waals surface area (Å²) in [5.41, 5.74) is 6.16. The van der Waals surface area contributed by atoms with Crippen LogP contribution >= 0.6 is 0 Å². The van der Waals surface area contributed by atoms with Gasteiger partial charge in [0.15, 0.2) is 0 Å². The highest BCUT2D eigenvalue weighted by Crippen LogP contribution is 2.27. The largest absolute Gasteiger partial charge is 0.389 e. The average molecular weight is 249 g/mol. The van der Waals surface area contributed by atoms with Crippen LogP contribution in [-0.2, 0) is 4.79 Å². The molecule has 2 rings (SSSR count). The number of nitrogens with zero attached hydrogens (tertiary/aromatic N) is 2. The van der Waals surface area contributed by atoms with Crippen molar-refractivity contribution in [3.8, 4) is 0 Å². The minimum Gasteiger partial charge on any atom is -0.389 e. The lowest BCUT2D eigenvalue weighted by Crippen LogP contribution is -2.42. The van der Waals surface area contributed by atoms with Gasteiger partial charge in [-0.05, 0) is 25.8 Å². The van der Waals surface area contributed by atoms with Crippen molar-refractivity contribution in [2.24, 2.45) is 11.7 Å². The van der Waals surface area contributed by atoms with Crippen LogP contribution < -0.4 is 10.6 Å². The molecule has 0 aliphatic carbocycles. The Bertz CT molecular complexity index is 434. The van der Waals surface area contributed by atoms with Gasteiger partial charge >= 0.3 is 0 Å². The fourth-order valence-electron chi connectivity index (χ4n) is 2.40. The number of amides is 1. The molecule has 5 nitrogen and oxygen atoms in total. The van der Waals surface area contributed by atoms with Gasteiger partial charge in [0.2, 0.25) is 5.91 Å². The average Bonchev–Trinajstić information content (AvgIpc) is 2.39. The summed E-state index contributed by atoms with van der Waals surface area (Å²) in [6.45, 7) is 3.16. The Kier molecular flexibility index (Phi) is 3.81. The van der Waals surface area contributed by atoms with E-state index in [9.17, 15) is 9.90 Å². The van der Waals surface area contributed by atoms with Crippen LogP contribution in [0.15, 0.2) is 18.3 Å². The van der Waals surface area contributed by atoms with Gasteiger partial charge in [0.05, 0.1) is 12.0 Å². The van der Waals surface area contributed by atoms with Crippen molar-refractivity contribution >= 4 is 11.7 Å². The lowest BCUT2D eigenvalue weighted by Gasteiger charge is -2.33. The molecule has 3 N–H and O–H groups in total. The SMILES string of the molecule is CC(O)c1cccnc1N1CCCC(C(N)=O)C1. The fraction of sp³-hybridized carbons (Fsp3) is 0.538. The molecule has 2 heterocycles. The highest BCUT2D eigenvalue weighted by Gasteiger charge is 2.26. The summed E-state index contributed by atoms with van der Waals surface area (Å²) >= 11 is 0. The highest BCUT2D eigenvalue weighted by molar-refractivity contribution is 5.77. The smallest absolute Gasteiger partial charge is 0.222 e. The Morgan fingerprint density at radius 2 is 2.44 bits per heavy atom. The number of pyridine rings is 1. The van der Waals surface area contributed by atoms with Gasteiger partial charge in [0.1, 0.15) is 5.82 Å². The van der Waals surface area contributed by atoms with E-state index in [1.165, 1.54) is 0 Å². The van der Waals surface area contributed by atoms with Crippen LogP contribution in [-0.4, -0.2) is 29.1 Å². The predicted molar refractivity (Wildman–Crippen MR) is 69.0 cm³/mol. The van der Waals surface area contributed by atoms with Gasteiger partial charge < -0.3 is 15.7 Å². The Labute approximate surface area is 107 Å². The molecule has 1 amide bonds. The molecule has 1 saturated heterocycles. The van der Waals surface area contributed by atoms with Crippen molar-refractivity contribution in [1.82, 2.24) is 4.98 Å². The summed E-state index contributed by atoms with van der Waals surface area (Å²) in [4.78, 5) is 17.6. The molecule has 0 radical (unpaired) electrons. The number of piperidine rings is 1. The molecule has 18 heavy (non-hydrogen) atoms. The van der Waals surface area contributed by atoms with Crippen LogP contribution in [0.25, 0.3) is 0 Å². The summed E-state index contributed by atoms with van der Waals surface area (Å²) in [6, 6.07) is 3.67. The van der Waals surface area contributed by atoms with E-state index in [0.29, 0.717) is 6.54 Å². The zero-order valence-corrected chi connectivity index (χ0v) is 10.5. The van der Waals surface area contributed by atoms with E-state index in [0.717, 1.165) is 30.8 Å². The minimum absolute atomic E-state index is 0.123. The first kappa shape index (κ1) is 12.8. The molecule has 2 atom stereocenters. The second-order valence-corrected chi connectivity index (χ2v) is 4.78. The number of rotatable bonds is 3. The van der Waals surface area contributed by atoms with E-state index in [1.54, 1.807) is 19.2 Å². The van der Waals surface area contributed by atoms with Crippen LogP contribution in [0, 0.1) is 5.92 Å². The summed E-state index contributed by atoms with van der Waals surface area (Å²) in [5.74, 6) is 0.385. The molecular weight excluding hydrogens is 230 g/mol. The molecule has 1 aromatic rings. The van der Waals surface area contributed by atoms with Gasteiger partial charge in [-0.2, -0.15) is 0 Å². The zero-order valence-electron chi connectivity index (χ0n) is 10.5. The van der Waals surface area contributed by atoms with Crippen molar-refractivity contribution in [2.45, 2.75) is 25.9 Å². The lowest BCUT2D eigenvalue weighted by atomic mass is 9.97. The van der Waals surface area contributed by atoms with Crippen molar-refractivity contribution < 1.29 is 9.90 Å². The van der Waals surface area contributed by atoms with Gasteiger partial charge in [-0.25, -0.2) is 4.98 Å². The number of anilines is 1. The van der Waals surface area contributed by atoms with E-state index >= 15 is 0 Å². The Hall–Kier alpha value is -1.62. The quantitative estimate of drug-likeness (QED) is 0.831. The van der Waals surface area contributed by atoms with Crippen molar-refractivity contribution in [2.75, 3.05) is 18.0 Å². The Balaban J connectivity index is 2.23. The first-order valence-electron chi connectivity index (χ1n) is 6.27. The van der Waals surface area contributed by atoms with E-state index < -0.39 is 6.10 Å². The third-order valence-corrected chi connectivity index (χ3v) is 3.39. The van der Waals surface area contributed by atoms with E-state index in [-0.39, 0.29) is 11.8 Å². The summed E-state index contributed by atoms with van der Waals surface area (Å²) in [5, 5.41) is 9.75. The van der Waals surface area contributed by atoms with Gasteiger partial charge in [-0.1, -0.05) is 6.07 Å². The van der Waals surface area contributed by atoms with Crippen LogP contribution in [0.3, 0.4) is 0 Å². The monoisotopic (exact) mass is 249 g/mol. The number of aliphatic hydroxyl groups excluding tert-OH is 1. The number of aromatic nitrogens is 1. The van der Waals surface area contributed by atoms with Gasteiger partial charge in [0.25, 0.3) is 0 Å². The Morgan fingerprint density at radius 1 is 1.67 bits per heavy atom. The van der Waals surface area contributed by atoms with Crippen molar-refractivity contribution in [1.29, 1.82) is 0 Å². The maximum Gasteiger partial charge on any atom is 0.222 e. The van der Waals surface area contributed by atoms with Crippen LogP contribution in [0.4, 0.5) is 5.82 Å². The Morgan fingerprint density at radius 3 is 3.11 bits per heavy atom. The van der Waals surface area contributed by atoms with Crippen molar-refractivity contribution in [3.05, 3.63) is 23.9 Å².